The van der Waals surface area contributed by atoms with Gasteiger partial charge in [0.25, 0.3) is 11.4 Å². The van der Waals surface area contributed by atoms with Crippen LogP contribution in [0.25, 0.3) is 34.3 Å². The van der Waals surface area contributed by atoms with Crippen LogP contribution in [0.1, 0.15) is 38.4 Å². The first kappa shape index (κ1) is 20.4. The van der Waals surface area contributed by atoms with E-state index in [4.69, 9.17) is 15.9 Å². The largest absolute Gasteiger partial charge is 0.414 e. The number of benzene rings is 1. The zero-order chi connectivity index (χ0) is 22.1. The Bertz CT molecular complexity index is 1270. The molecule has 0 saturated heterocycles. The second-order valence-electron chi connectivity index (χ2n) is 7.57. The molecular weight excluding hydrogens is 394 g/mol. The molecule has 9 heteroatoms. The van der Waals surface area contributed by atoms with E-state index >= 15 is 0 Å². The Balaban J connectivity index is 1.70. The number of hydrogen-bond donors (Lipinski definition) is 2. The van der Waals surface area contributed by atoms with Gasteiger partial charge in [0.1, 0.15) is 0 Å². The van der Waals surface area contributed by atoms with Gasteiger partial charge in [-0.1, -0.05) is 12.1 Å². The summed E-state index contributed by atoms with van der Waals surface area (Å²) in [7, 11) is 0. The molecule has 1 aromatic carbocycles. The zero-order valence-corrected chi connectivity index (χ0v) is 17.5. The van der Waals surface area contributed by atoms with Crippen LogP contribution in [0.4, 0.5) is 5.82 Å². The summed E-state index contributed by atoms with van der Waals surface area (Å²) in [5, 5.41) is 8.21. The molecule has 4 aromatic rings. The molecule has 0 radical (unpaired) electrons. The first-order valence-corrected chi connectivity index (χ1v) is 9.88. The van der Waals surface area contributed by atoms with E-state index in [1.54, 1.807) is 23.0 Å². The Hall–Kier alpha value is -3.85. The molecule has 0 amide bonds. The van der Waals surface area contributed by atoms with Gasteiger partial charge < -0.3 is 20.5 Å². The molecule has 0 bridgehead atoms. The van der Waals surface area contributed by atoms with E-state index in [1.165, 1.54) is 6.07 Å². The fourth-order valence-corrected chi connectivity index (χ4v) is 3.12. The van der Waals surface area contributed by atoms with Gasteiger partial charge in [-0.2, -0.15) is 0 Å². The monoisotopic (exact) mass is 417 g/mol. The highest BCUT2D eigenvalue weighted by molar-refractivity contribution is 5.68. The topological polar surface area (TPSA) is 139 Å². The first-order valence-electron chi connectivity index (χ1n) is 9.88. The standard InChI is InChI=1S/C22H23N7O2/c1-12(2)29-11-16(8-9-18(29)30)17-10-25-20(24)19(26-17)22-28-27-21(31-22)15-6-4-14(5-7-15)13(3)23/h4-13H,23H2,1-3H3,(H2,24,25)/t13-/m0/s1. The molecule has 0 fully saturated rings. The van der Waals surface area contributed by atoms with E-state index in [2.05, 4.69) is 20.2 Å². The van der Waals surface area contributed by atoms with Crippen molar-refractivity contribution in [1.29, 1.82) is 0 Å². The molecule has 0 unspecified atom stereocenters. The van der Waals surface area contributed by atoms with E-state index < -0.39 is 0 Å². The van der Waals surface area contributed by atoms with Gasteiger partial charge in [0.15, 0.2) is 11.5 Å². The van der Waals surface area contributed by atoms with Crippen LogP contribution in [0.15, 0.2) is 58.0 Å². The van der Waals surface area contributed by atoms with Gasteiger partial charge in [0.2, 0.25) is 5.89 Å². The van der Waals surface area contributed by atoms with Crippen LogP contribution in [0.2, 0.25) is 0 Å². The van der Waals surface area contributed by atoms with Crippen molar-refractivity contribution in [3.05, 3.63) is 64.7 Å². The average molecular weight is 417 g/mol. The Labute approximate surface area is 178 Å². The molecule has 4 N–H and O–H groups in total. The molecule has 158 valence electrons. The molecule has 31 heavy (non-hydrogen) atoms. The normalized spacial score (nSPS) is 12.3. The van der Waals surface area contributed by atoms with E-state index in [0.29, 0.717) is 11.6 Å². The van der Waals surface area contributed by atoms with Crippen molar-refractivity contribution in [3.8, 4) is 34.3 Å². The van der Waals surface area contributed by atoms with Gasteiger partial charge in [0, 0.05) is 35.5 Å². The van der Waals surface area contributed by atoms with Crippen molar-refractivity contribution in [2.24, 2.45) is 5.73 Å². The molecule has 0 aliphatic rings. The minimum Gasteiger partial charge on any atom is -0.414 e. The summed E-state index contributed by atoms with van der Waals surface area (Å²) in [6.07, 6.45) is 3.30. The van der Waals surface area contributed by atoms with Crippen LogP contribution < -0.4 is 17.0 Å². The van der Waals surface area contributed by atoms with Gasteiger partial charge in [-0.15, -0.1) is 10.2 Å². The Morgan fingerprint density at radius 3 is 2.32 bits per heavy atom. The van der Waals surface area contributed by atoms with Crippen LogP contribution in [0, 0.1) is 0 Å². The molecule has 3 heterocycles. The van der Waals surface area contributed by atoms with Crippen molar-refractivity contribution < 1.29 is 4.42 Å². The predicted molar refractivity (Wildman–Crippen MR) is 118 cm³/mol. The maximum atomic E-state index is 12.0. The minimum absolute atomic E-state index is 0.0146. The summed E-state index contributed by atoms with van der Waals surface area (Å²) in [5.41, 5.74) is 15.2. The highest BCUT2D eigenvalue weighted by Crippen LogP contribution is 2.28. The molecule has 0 aliphatic heterocycles. The maximum Gasteiger partial charge on any atom is 0.270 e. The van der Waals surface area contributed by atoms with E-state index in [-0.39, 0.29) is 35.0 Å². The van der Waals surface area contributed by atoms with Gasteiger partial charge in [-0.05, 0) is 44.5 Å². The molecule has 4 rings (SSSR count). The maximum absolute atomic E-state index is 12.0. The van der Waals surface area contributed by atoms with E-state index in [1.807, 2.05) is 45.0 Å². The van der Waals surface area contributed by atoms with E-state index in [9.17, 15) is 4.79 Å². The third-order valence-electron chi connectivity index (χ3n) is 4.90. The lowest BCUT2D eigenvalue weighted by Gasteiger charge is -2.11. The van der Waals surface area contributed by atoms with Crippen molar-refractivity contribution >= 4 is 5.82 Å². The molecule has 1 atom stereocenters. The van der Waals surface area contributed by atoms with Crippen LogP contribution in [-0.4, -0.2) is 24.7 Å². The number of nitrogens with two attached hydrogens (primary N) is 2. The predicted octanol–water partition coefficient (Wildman–Crippen LogP) is 3.21. The summed E-state index contributed by atoms with van der Waals surface area (Å²) in [5.74, 6) is 0.671. The van der Waals surface area contributed by atoms with Gasteiger partial charge in [-0.25, -0.2) is 9.97 Å². The molecule has 3 aromatic heterocycles. The number of pyridine rings is 1. The van der Waals surface area contributed by atoms with Crippen molar-refractivity contribution in [2.45, 2.75) is 32.9 Å². The molecule has 9 nitrogen and oxygen atoms in total. The number of nitrogen functional groups attached to an aromatic ring is 1. The lowest BCUT2D eigenvalue weighted by atomic mass is 10.1. The molecule has 0 saturated carbocycles. The fourth-order valence-electron chi connectivity index (χ4n) is 3.12. The summed E-state index contributed by atoms with van der Waals surface area (Å²) in [6, 6.07) is 10.7. The molecule has 0 aliphatic carbocycles. The molecular formula is C22H23N7O2. The number of nitrogens with zero attached hydrogens (tertiary/aromatic N) is 5. The van der Waals surface area contributed by atoms with Crippen LogP contribution in [-0.2, 0) is 0 Å². The van der Waals surface area contributed by atoms with Crippen LogP contribution in [0.5, 0.6) is 0 Å². The number of anilines is 1. The number of rotatable bonds is 5. The highest BCUT2D eigenvalue weighted by Gasteiger charge is 2.17. The van der Waals surface area contributed by atoms with Gasteiger partial charge in [0.05, 0.1) is 11.9 Å². The summed E-state index contributed by atoms with van der Waals surface area (Å²) >= 11 is 0. The highest BCUT2D eigenvalue weighted by atomic mass is 16.4. The summed E-state index contributed by atoms with van der Waals surface area (Å²) in [4.78, 5) is 20.8. The van der Waals surface area contributed by atoms with Crippen molar-refractivity contribution in [2.75, 3.05) is 5.73 Å². The SMILES string of the molecule is CC(C)n1cc(-c2cnc(N)c(-c3nnc(-c4ccc([C@H](C)N)cc4)o3)n2)ccc1=O. The molecule has 0 spiro atoms. The third-order valence-corrected chi connectivity index (χ3v) is 4.90. The summed E-state index contributed by atoms with van der Waals surface area (Å²) in [6.45, 7) is 5.79. The Kier molecular flexibility index (Phi) is 5.35. The van der Waals surface area contributed by atoms with Crippen molar-refractivity contribution in [3.63, 3.8) is 0 Å². The van der Waals surface area contributed by atoms with Crippen molar-refractivity contribution in [1.82, 2.24) is 24.7 Å². The minimum atomic E-state index is -0.0843. The van der Waals surface area contributed by atoms with Crippen LogP contribution >= 0.6 is 0 Å². The smallest absolute Gasteiger partial charge is 0.270 e. The van der Waals surface area contributed by atoms with E-state index in [0.717, 1.165) is 16.7 Å². The number of aromatic nitrogens is 5. The third kappa shape index (κ3) is 4.08. The van der Waals surface area contributed by atoms with Gasteiger partial charge in [-0.3, -0.25) is 4.79 Å². The second-order valence-corrected chi connectivity index (χ2v) is 7.57. The number of hydrogen-bond acceptors (Lipinski definition) is 8. The Morgan fingerprint density at radius 2 is 1.65 bits per heavy atom. The lowest BCUT2D eigenvalue weighted by Crippen LogP contribution is -2.20. The fraction of sp³-hybridized carbons (Fsp3) is 0.227. The summed E-state index contributed by atoms with van der Waals surface area (Å²) < 4.78 is 7.45. The lowest BCUT2D eigenvalue weighted by molar-refractivity contribution is 0.578. The second kappa shape index (κ2) is 8.11. The Morgan fingerprint density at radius 1 is 0.968 bits per heavy atom. The average Bonchev–Trinajstić information content (AvgIpc) is 3.24. The van der Waals surface area contributed by atoms with Crippen LogP contribution in [0.3, 0.4) is 0 Å². The zero-order valence-electron chi connectivity index (χ0n) is 17.5. The first-order chi connectivity index (χ1) is 14.8. The quantitative estimate of drug-likeness (QED) is 0.505. The van der Waals surface area contributed by atoms with Gasteiger partial charge >= 0.3 is 0 Å².